The second kappa shape index (κ2) is 6.19. The first-order valence-electron chi connectivity index (χ1n) is 6.95. The molecule has 0 spiro atoms. The van der Waals surface area contributed by atoms with E-state index in [2.05, 4.69) is 19.9 Å². The highest BCUT2D eigenvalue weighted by Crippen LogP contribution is 2.27. The second-order valence-corrected chi connectivity index (χ2v) is 5.48. The van der Waals surface area contributed by atoms with Crippen LogP contribution in [0.4, 0.5) is 24.8 Å². The summed E-state index contributed by atoms with van der Waals surface area (Å²) < 4.78 is 38.0. The first-order chi connectivity index (χ1) is 10.9. The Morgan fingerprint density at radius 3 is 2.13 bits per heavy atom. The number of aromatic nitrogens is 3. The Morgan fingerprint density at radius 2 is 1.57 bits per heavy atom. The van der Waals surface area contributed by atoms with Crippen molar-refractivity contribution in [1.29, 1.82) is 0 Å². The molecule has 0 aromatic carbocycles. The number of pyridine rings is 1. The monoisotopic (exact) mass is 343 g/mol. The summed E-state index contributed by atoms with van der Waals surface area (Å²) in [4.78, 5) is 15.0. The SMILES string of the molecule is FC(F)(F)c1nccc(N2CCN(c3ccc(Cl)cn3)CC2)n1. The highest BCUT2D eigenvalue weighted by molar-refractivity contribution is 6.30. The number of hydrogen-bond acceptors (Lipinski definition) is 5. The van der Waals surface area contributed by atoms with E-state index < -0.39 is 12.0 Å². The molecule has 0 radical (unpaired) electrons. The fourth-order valence-electron chi connectivity index (χ4n) is 2.38. The summed E-state index contributed by atoms with van der Waals surface area (Å²) in [7, 11) is 0. The number of halogens is 4. The number of alkyl halides is 3. The van der Waals surface area contributed by atoms with Crippen molar-refractivity contribution in [2.45, 2.75) is 6.18 Å². The van der Waals surface area contributed by atoms with Crippen LogP contribution >= 0.6 is 11.6 Å². The van der Waals surface area contributed by atoms with Crippen LogP contribution in [0.25, 0.3) is 0 Å². The van der Waals surface area contributed by atoms with Crippen molar-refractivity contribution < 1.29 is 13.2 Å². The minimum atomic E-state index is -4.54. The molecule has 0 bridgehead atoms. The number of nitrogens with zero attached hydrogens (tertiary/aromatic N) is 5. The van der Waals surface area contributed by atoms with Crippen molar-refractivity contribution in [2.75, 3.05) is 36.0 Å². The Hall–Kier alpha value is -2.09. The maximum Gasteiger partial charge on any atom is 0.451 e. The van der Waals surface area contributed by atoms with Gasteiger partial charge in [-0.2, -0.15) is 13.2 Å². The van der Waals surface area contributed by atoms with Gasteiger partial charge in [0.1, 0.15) is 11.6 Å². The van der Waals surface area contributed by atoms with Gasteiger partial charge in [-0.15, -0.1) is 0 Å². The van der Waals surface area contributed by atoms with Gasteiger partial charge < -0.3 is 9.80 Å². The molecule has 1 saturated heterocycles. The van der Waals surface area contributed by atoms with Crippen LogP contribution in [0, 0.1) is 0 Å². The predicted octanol–water partition coefficient (Wildman–Crippen LogP) is 2.87. The Bertz CT molecular complexity index is 669. The van der Waals surface area contributed by atoms with Gasteiger partial charge >= 0.3 is 6.18 Å². The largest absolute Gasteiger partial charge is 0.451 e. The van der Waals surface area contributed by atoms with Gasteiger partial charge in [-0.1, -0.05) is 11.6 Å². The van der Waals surface area contributed by atoms with E-state index in [1.807, 2.05) is 11.0 Å². The standard InChI is InChI=1S/C14H13ClF3N5/c15-10-1-2-11(20-9-10)22-5-7-23(8-6-22)12-3-4-19-13(21-12)14(16,17)18/h1-4,9H,5-8H2. The van der Waals surface area contributed by atoms with Crippen LogP contribution in [0.15, 0.2) is 30.6 Å². The Kier molecular flexibility index (Phi) is 4.25. The Balaban J connectivity index is 1.68. The normalized spacial score (nSPS) is 15.8. The van der Waals surface area contributed by atoms with Gasteiger partial charge in [0.2, 0.25) is 5.82 Å². The summed E-state index contributed by atoms with van der Waals surface area (Å²) in [6.07, 6.45) is -1.83. The third-order valence-corrected chi connectivity index (χ3v) is 3.76. The summed E-state index contributed by atoms with van der Waals surface area (Å²) >= 11 is 5.81. The molecule has 23 heavy (non-hydrogen) atoms. The molecule has 1 fully saturated rings. The lowest BCUT2D eigenvalue weighted by Crippen LogP contribution is -2.47. The van der Waals surface area contributed by atoms with Gasteiger partial charge in [0.05, 0.1) is 5.02 Å². The molecule has 0 amide bonds. The van der Waals surface area contributed by atoms with E-state index in [1.54, 1.807) is 12.3 Å². The van der Waals surface area contributed by atoms with Crippen LogP contribution in [0.1, 0.15) is 5.82 Å². The molecule has 3 heterocycles. The van der Waals surface area contributed by atoms with Crippen LogP contribution < -0.4 is 9.80 Å². The van der Waals surface area contributed by atoms with Crippen molar-refractivity contribution in [3.63, 3.8) is 0 Å². The fourth-order valence-corrected chi connectivity index (χ4v) is 2.49. The molecule has 3 rings (SSSR count). The zero-order chi connectivity index (χ0) is 16.4. The lowest BCUT2D eigenvalue weighted by atomic mass is 10.3. The molecule has 0 aliphatic carbocycles. The van der Waals surface area contributed by atoms with E-state index >= 15 is 0 Å². The van der Waals surface area contributed by atoms with Crippen molar-refractivity contribution in [1.82, 2.24) is 15.0 Å². The number of hydrogen-bond donors (Lipinski definition) is 0. The molecule has 5 nitrogen and oxygen atoms in total. The second-order valence-electron chi connectivity index (χ2n) is 5.04. The molecule has 9 heteroatoms. The number of piperazine rings is 1. The fraction of sp³-hybridized carbons (Fsp3) is 0.357. The Morgan fingerprint density at radius 1 is 0.913 bits per heavy atom. The minimum Gasteiger partial charge on any atom is -0.353 e. The molecule has 0 saturated carbocycles. The van der Waals surface area contributed by atoms with E-state index in [4.69, 9.17) is 11.6 Å². The minimum absolute atomic E-state index is 0.288. The third kappa shape index (κ3) is 3.64. The van der Waals surface area contributed by atoms with E-state index in [1.165, 1.54) is 6.07 Å². The maximum atomic E-state index is 12.7. The van der Waals surface area contributed by atoms with Crippen LogP contribution in [0.5, 0.6) is 0 Å². The first kappa shape index (κ1) is 15.8. The summed E-state index contributed by atoms with van der Waals surface area (Å²) in [5.41, 5.74) is 0. The molecule has 2 aromatic heterocycles. The molecular formula is C14H13ClF3N5. The molecule has 1 aliphatic rings. The van der Waals surface area contributed by atoms with E-state index in [9.17, 15) is 13.2 Å². The number of anilines is 2. The quantitative estimate of drug-likeness (QED) is 0.839. The van der Waals surface area contributed by atoms with Crippen molar-refractivity contribution >= 4 is 23.2 Å². The summed E-state index contributed by atoms with van der Waals surface area (Å²) in [5.74, 6) is -0.0273. The van der Waals surface area contributed by atoms with Crippen LogP contribution in [0.3, 0.4) is 0 Å². The third-order valence-electron chi connectivity index (χ3n) is 3.53. The number of rotatable bonds is 2. The summed E-state index contributed by atoms with van der Waals surface area (Å²) in [6.45, 7) is 2.39. The first-order valence-corrected chi connectivity index (χ1v) is 7.33. The van der Waals surface area contributed by atoms with Crippen molar-refractivity contribution in [2.24, 2.45) is 0 Å². The smallest absolute Gasteiger partial charge is 0.353 e. The van der Waals surface area contributed by atoms with E-state index in [-0.39, 0.29) is 5.82 Å². The maximum absolute atomic E-state index is 12.7. The van der Waals surface area contributed by atoms with Gasteiger partial charge in [0, 0.05) is 38.6 Å². The topological polar surface area (TPSA) is 45.2 Å². The molecule has 2 aromatic rings. The van der Waals surface area contributed by atoms with Crippen LogP contribution in [-0.2, 0) is 6.18 Å². The lowest BCUT2D eigenvalue weighted by molar-refractivity contribution is -0.144. The molecule has 0 atom stereocenters. The highest BCUT2D eigenvalue weighted by atomic mass is 35.5. The highest BCUT2D eigenvalue weighted by Gasteiger charge is 2.35. The van der Waals surface area contributed by atoms with Gasteiger partial charge in [0.15, 0.2) is 0 Å². The average molecular weight is 344 g/mol. The van der Waals surface area contributed by atoms with Crippen LogP contribution in [0.2, 0.25) is 5.02 Å². The summed E-state index contributed by atoms with van der Waals surface area (Å²) in [5, 5.41) is 0.563. The molecular weight excluding hydrogens is 331 g/mol. The molecule has 122 valence electrons. The average Bonchev–Trinajstić information content (AvgIpc) is 2.55. The van der Waals surface area contributed by atoms with Gasteiger partial charge in [-0.05, 0) is 18.2 Å². The molecule has 0 N–H and O–H groups in total. The lowest BCUT2D eigenvalue weighted by Gasteiger charge is -2.36. The van der Waals surface area contributed by atoms with Gasteiger partial charge in [-0.25, -0.2) is 15.0 Å². The van der Waals surface area contributed by atoms with Crippen molar-refractivity contribution in [3.05, 3.63) is 41.4 Å². The predicted molar refractivity (Wildman–Crippen MR) is 80.7 cm³/mol. The zero-order valence-corrected chi connectivity index (χ0v) is 12.7. The molecule has 0 unspecified atom stereocenters. The van der Waals surface area contributed by atoms with Crippen LogP contribution in [-0.4, -0.2) is 41.1 Å². The molecule has 1 aliphatic heterocycles. The summed E-state index contributed by atoms with van der Waals surface area (Å²) in [6, 6.07) is 5.08. The van der Waals surface area contributed by atoms with Gasteiger partial charge in [-0.3, -0.25) is 0 Å². The van der Waals surface area contributed by atoms with Crippen molar-refractivity contribution in [3.8, 4) is 0 Å². The van der Waals surface area contributed by atoms with E-state index in [0.29, 0.717) is 31.2 Å². The zero-order valence-electron chi connectivity index (χ0n) is 12.0. The van der Waals surface area contributed by atoms with E-state index in [0.717, 1.165) is 12.0 Å². The van der Waals surface area contributed by atoms with Gasteiger partial charge in [0.25, 0.3) is 0 Å². The Labute approximate surface area is 135 Å².